The Morgan fingerprint density at radius 1 is 0.846 bits per heavy atom. The second kappa shape index (κ2) is 6.74. The third-order valence-electron chi connectivity index (χ3n) is 4.62. The van der Waals surface area contributed by atoms with Gasteiger partial charge < -0.3 is 4.74 Å². The van der Waals surface area contributed by atoms with Crippen LogP contribution in [-0.4, -0.2) is 7.11 Å². The summed E-state index contributed by atoms with van der Waals surface area (Å²) < 4.78 is 5.21. The highest BCUT2D eigenvalue weighted by atomic mass is 16.5. The molecule has 0 atom stereocenters. The lowest BCUT2D eigenvalue weighted by atomic mass is 9.94. The van der Waals surface area contributed by atoms with E-state index in [2.05, 4.69) is 36.4 Å². The summed E-state index contributed by atoms with van der Waals surface area (Å²) in [6.45, 7) is 0. The molecule has 0 radical (unpaired) electrons. The van der Waals surface area contributed by atoms with E-state index in [0.29, 0.717) is 5.57 Å². The van der Waals surface area contributed by atoms with Crippen molar-refractivity contribution in [1.82, 2.24) is 0 Å². The molecule has 0 aliphatic heterocycles. The summed E-state index contributed by atoms with van der Waals surface area (Å²) in [6.07, 6.45) is 1.99. The molecule has 124 valence electrons. The number of allylic oxidation sites excluding steroid dienone is 1. The van der Waals surface area contributed by atoms with E-state index in [1.54, 1.807) is 7.11 Å². The van der Waals surface area contributed by atoms with E-state index in [9.17, 15) is 5.26 Å². The Morgan fingerprint density at radius 2 is 1.42 bits per heavy atom. The zero-order valence-electron chi connectivity index (χ0n) is 14.4. The van der Waals surface area contributed by atoms with E-state index < -0.39 is 0 Å². The van der Waals surface area contributed by atoms with Crippen LogP contribution in [0.2, 0.25) is 0 Å². The van der Waals surface area contributed by atoms with Crippen molar-refractivity contribution in [3.63, 3.8) is 0 Å². The Morgan fingerprint density at radius 3 is 1.96 bits per heavy atom. The number of nitriles is 1. The zero-order valence-corrected chi connectivity index (χ0v) is 14.4. The predicted molar refractivity (Wildman–Crippen MR) is 108 cm³/mol. The van der Waals surface area contributed by atoms with Gasteiger partial charge in [-0.2, -0.15) is 5.26 Å². The highest BCUT2D eigenvalue weighted by Crippen LogP contribution is 2.32. The van der Waals surface area contributed by atoms with Crippen LogP contribution >= 0.6 is 0 Å². The number of nitrogens with zero attached hydrogens (tertiary/aromatic N) is 1. The lowest BCUT2D eigenvalue weighted by Crippen LogP contribution is -1.87. The molecule has 26 heavy (non-hydrogen) atoms. The van der Waals surface area contributed by atoms with Crippen LogP contribution in [0.25, 0.3) is 33.2 Å². The summed E-state index contributed by atoms with van der Waals surface area (Å²) in [5.74, 6) is 0.779. The maximum absolute atomic E-state index is 9.76. The first-order valence-electron chi connectivity index (χ1n) is 8.47. The van der Waals surface area contributed by atoms with Gasteiger partial charge in [0.2, 0.25) is 0 Å². The Balaban J connectivity index is 1.98. The second-order valence-electron chi connectivity index (χ2n) is 6.13. The monoisotopic (exact) mass is 335 g/mol. The van der Waals surface area contributed by atoms with Crippen LogP contribution in [0, 0.1) is 11.3 Å². The minimum absolute atomic E-state index is 0.633. The molecule has 2 heteroatoms. The normalized spacial score (nSPS) is 11.5. The maximum atomic E-state index is 9.76. The van der Waals surface area contributed by atoms with Crippen LogP contribution < -0.4 is 4.74 Å². The molecule has 4 aromatic carbocycles. The number of hydrogen-bond donors (Lipinski definition) is 0. The third-order valence-corrected chi connectivity index (χ3v) is 4.62. The smallest absolute Gasteiger partial charge is 0.118 e. The average molecular weight is 335 g/mol. The fourth-order valence-corrected chi connectivity index (χ4v) is 3.30. The standard InChI is InChI=1S/C24H17NO/c1-26-21-12-10-17(11-13-21)20(16-25)15-24-22-8-4-2-6-18(22)14-19-7-3-5-9-23(19)24/h2-15H,1H3. The van der Waals surface area contributed by atoms with Crippen molar-refractivity contribution in [3.05, 3.63) is 90.0 Å². The molecule has 4 rings (SSSR count). The van der Waals surface area contributed by atoms with Gasteiger partial charge in [0.1, 0.15) is 5.75 Å². The quantitative estimate of drug-likeness (QED) is 0.259. The van der Waals surface area contributed by atoms with Gasteiger partial charge in [-0.1, -0.05) is 48.5 Å². The van der Waals surface area contributed by atoms with Crippen LogP contribution in [-0.2, 0) is 0 Å². The van der Waals surface area contributed by atoms with Gasteiger partial charge >= 0.3 is 0 Å². The van der Waals surface area contributed by atoms with E-state index in [4.69, 9.17) is 4.74 Å². The van der Waals surface area contributed by atoms with Crippen molar-refractivity contribution in [3.8, 4) is 11.8 Å². The second-order valence-corrected chi connectivity index (χ2v) is 6.13. The Labute approximate surface area is 152 Å². The molecule has 0 aliphatic carbocycles. The number of methoxy groups -OCH3 is 1. The van der Waals surface area contributed by atoms with Crippen molar-refractivity contribution >= 4 is 33.2 Å². The van der Waals surface area contributed by atoms with Crippen LogP contribution in [0.4, 0.5) is 0 Å². The highest BCUT2D eigenvalue weighted by Gasteiger charge is 2.08. The fraction of sp³-hybridized carbons (Fsp3) is 0.0417. The van der Waals surface area contributed by atoms with Gasteiger partial charge in [-0.25, -0.2) is 0 Å². The van der Waals surface area contributed by atoms with Crippen molar-refractivity contribution in [2.24, 2.45) is 0 Å². The molecule has 0 saturated carbocycles. The minimum atomic E-state index is 0.633. The summed E-state index contributed by atoms with van der Waals surface area (Å²) in [5, 5.41) is 14.4. The summed E-state index contributed by atoms with van der Waals surface area (Å²) in [6, 6.07) is 28.7. The molecule has 0 amide bonds. The molecule has 0 N–H and O–H groups in total. The molecule has 0 unspecified atom stereocenters. The highest BCUT2D eigenvalue weighted by molar-refractivity contribution is 6.10. The lowest BCUT2D eigenvalue weighted by molar-refractivity contribution is 0.415. The number of ether oxygens (including phenoxy) is 1. The van der Waals surface area contributed by atoms with Crippen LogP contribution in [0.3, 0.4) is 0 Å². The molecule has 2 nitrogen and oxygen atoms in total. The number of hydrogen-bond acceptors (Lipinski definition) is 2. The molecule has 0 bridgehead atoms. The van der Waals surface area contributed by atoms with Gasteiger partial charge in [0, 0.05) is 0 Å². The SMILES string of the molecule is COc1ccc(C(C#N)=Cc2c3ccccc3cc3ccccc23)cc1. The molecule has 0 saturated heterocycles. The first-order valence-corrected chi connectivity index (χ1v) is 8.47. The average Bonchev–Trinajstić information content (AvgIpc) is 2.71. The van der Waals surface area contributed by atoms with E-state index in [1.165, 1.54) is 10.8 Å². The lowest BCUT2D eigenvalue weighted by Gasteiger charge is -2.09. The first kappa shape index (κ1) is 15.9. The molecule has 0 heterocycles. The summed E-state index contributed by atoms with van der Waals surface area (Å²) >= 11 is 0. The molecule has 4 aromatic rings. The Kier molecular flexibility index (Phi) is 4.13. The van der Waals surface area contributed by atoms with Crippen LogP contribution in [0.5, 0.6) is 5.75 Å². The van der Waals surface area contributed by atoms with Crippen molar-refractivity contribution < 1.29 is 4.74 Å². The number of rotatable bonds is 3. The van der Waals surface area contributed by atoms with Gasteiger partial charge in [0.05, 0.1) is 18.8 Å². The summed E-state index contributed by atoms with van der Waals surface area (Å²) in [5.41, 5.74) is 2.59. The third kappa shape index (κ3) is 2.81. The van der Waals surface area contributed by atoms with Gasteiger partial charge in [0.15, 0.2) is 0 Å². The molecular weight excluding hydrogens is 318 g/mol. The summed E-state index contributed by atoms with van der Waals surface area (Å²) in [7, 11) is 1.64. The van der Waals surface area contributed by atoms with Gasteiger partial charge in [-0.15, -0.1) is 0 Å². The van der Waals surface area contributed by atoms with Crippen LogP contribution in [0.1, 0.15) is 11.1 Å². The van der Waals surface area contributed by atoms with E-state index in [-0.39, 0.29) is 0 Å². The van der Waals surface area contributed by atoms with E-state index in [1.807, 2.05) is 54.6 Å². The number of fused-ring (bicyclic) bond motifs is 2. The molecule has 0 aromatic heterocycles. The Hall–Kier alpha value is -3.57. The fourth-order valence-electron chi connectivity index (χ4n) is 3.30. The predicted octanol–water partition coefficient (Wildman–Crippen LogP) is 6.07. The minimum Gasteiger partial charge on any atom is -0.497 e. The maximum Gasteiger partial charge on any atom is 0.118 e. The zero-order chi connectivity index (χ0) is 17.9. The van der Waals surface area contributed by atoms with Crippen LogP contribution in [0.15, 0.2) is 78.9 Å². The van der Waals surface area contributed by atoms with Gasteiger partial charge in [0.25, 0.3) is 0 Å². The molecule has 0 spiro atoms. The van der Waals surface area contributed by atoms with E-state index >= 15 is 0 Å². The van der Waals surface area contributed by atoms with Crippen molar-refractivity contribution in [1.29, 1.82) is 5.26 Å². The van der Waals surface area contributed by atoms with Gasteiger partial charge in [-0.3, -0.25) is 0 Å². The molecular formula is C24H17NO. The van der Waals surface area contributed by atoms with Crippen molar-refractivity contribution in [2.75, 3.05) is 7.11 Å². The topological polar surface area (TPSA) is 33.0 Å². The molecule has 0 fully saturated rings. The molecule has 0 aliphatic rings. The Bertz CT molecular complexity index is 1110. The number of benzene rings is 4. The van der Waals surface area contributed by atoms with E-state index in [0.717, 1.165) is 27.6 Å². The largest absolute Gasteiger partial charge is 0.497 e. The summed E-state index contributed by atoms with van der Waals surface area (Å²) in [4.78, 5) is 0. The first-order chi connectivity index (χ1) is 12.8. The van der Waals surface area contributed by atoms with Gasteiger partial charge in [-0.05, 0) is 69.1 Å². The van der Waals surface area contributed by atoms with Crippen molar-refractivity contribution in [2.45, 2.75) is 0 Å².